The zero-order valence-corrected chi connectivity index (χ0v) is 6.82. The molecule has 0 saturated carbocycles. The van der Waals surface area contributed by atoms with Gasteiger partial charge in [-0.1, -0.05) is 11.8 Å². The third kappa shape index (κ3) is 2.20. The van der Waals surface area contributed by atoms with Crippen LogP contribution in [0.25, 0.3) is 4.85 Å². The molecule has 1 aromatic heterocycles. The molecule has 0 saturated heterocycles. The summed E-state index contributed by atoms with van der Waals surface area (Å²) in [5.41, 5.74) is 0. The second-order valence-electron chi connectivity index (χ2n) is 1.97. The van der Waals surface area contributed by atoms with Crippen molar-refractivity contribution in [3.8, 4) is 6.07 Å². The van der Waals surface area contributed by atoms with Crippen LogP contribution in [-0.2, 0) is 0 Å². The average molecular weight is 152 g/mol. The number of thiophene rings is 1. The Hall–Kier alpha value is -0.810. The Labute approximate surface area is 65.1 Å². The van der Waals surface area contributed by atoms with Crippen LogP contribution in [0.3, 0.4) is 0 Å². The Morgan fingerprint density at radius 3 is 3.20 bits per heavy atom. The minimum absolute atomic E-state index is 0.887. The minimum Gasteiger partial charge on any atom is -0.129 e. The second-order valence-corrected chi connectivity index (χ2v) is 2.92. The summed E-state index contributed by atoms with van der Waals surface area (Å²) < 4.78 is 0. The number of rotatable bonds is 1. The molecule has 0 spiro atoms. The second kappa shape index (κ2) is 4.08. The third-order valence-corrected chi connectivity index (χ3v) is 1.82. The molecule has 10 heavy (non-hydrogen) atoms. The Balaban J connectivity index is 2.49. The Morgan fingerprint density at radius 2 is 2.60 bits per heavy atom. The lowest BCUT2D eigenvalue weighted by molar-refractivity contribution is 1.03. The van der Waals surface area contributed by atoms with Gasteiger partial charge in [-0.3, -0.25) is 0 Å². The molecule has 0 atom stereocenters. The summed E-state index contributed by atoms with van der Waals surface area (Å²) in [5, 5.41) is 2.03. The van der Waals surface area contributed by atoms with Crippen LogP contribution < -0.4 is 0 Å². The largest absolute Gasteiger partial charge is 0.322 e. The van der Waals surface area contributed by atoms with Gasteiger partial charge in [-0.05, 0) is 17.5 Å². The first-order valence-electron chi connectivity index (χ1n) is 3.39. The lowest BCUT2D eigenvalue weighted by Crippen LogP contribution is -1.67. The highest BCUT2D eigenvalue weighted by atomic mass is 32.1. The van der Waals surface area contributed by atoms with Gasteiger partial charge in [0.25, 0.3) is 6.54 Å². The number of nitrogens with zero attached hydrogens (tertiary/aromatic N) is 1. The summed E-state index contributed by atoms with van der Waals surface area (Å²) in [4.78, 5) is 5.21. The summed E-state index contributed by atoms with van der Waals surface area (Å²) >= 11 is 1.67. The van der Waals surface area contributed by atoms with Gasteiger partial charge in [0.15, 0.2) is 4.88 Å². The van der Waals surface area contributed by atoms with Crippen LogP contribution in [-0.4, -0.2) is 6.54 Å². The highest BCUT2D eigenvalue weighted by Crippen LogP contribution is 2.05. The van der Waals surface area contributed by atoms with Crippen molar-refractivity contribution in [2.45, 2.75) is 13.3 Å². The van der Waals surface area contributed by atoms with Crippen molar-refractivity contribution in [2.24, 2.45) is 0 Å². The fourth-order valence-electron chi connectivity index (χ4n) is 0.588. The van der Waals surface area contributed by atoms with Crippen LogP contribution in [0.2, 0.25) is 0 Å². The van der Waals surface area contributed by atoms with Gasteiger partial charge in [0.05, 0.1) is 0 Å². The predicted octanol–water partition coefficient (Wildman–Crippen LogP) is 2.84. The van der Waals surface area contributed by atoms with Crippen LogP contribution in [0.1, 0.15) is 18.2 Å². The van der Waals surface area contributed by atoms with Crippen molar-refractivity contribution in [1.29, 1.82) is 0 Å². The Bertz CT molecular complexity index is 228. The van der Waals surface area contributed by atoms with E-state index in [1.165, 1.54) is 0 Å². The van der Waals surface area contributed by atoms with E-state index >= 15 is 0 Å². The summed E-state index contributed by atoms with van der Waals surface area (Å²) in [6.07, 6.45) is 1.10. The Kier molecular flexibility index (Phi) is 2.98. The average Bonchev–Trinajstić information content (AvgIpc) is 2.41. The molecule has 0 unspecified atom stereocenters. The van der Waals surface area contributed by atoms with Gasteiger partial charge in [0.1, 0.15) is 0 Å². The lowest BCUT2D eigenvalue weighted by atomic mass is 10.5. The van der Waals surface area contributed by atoms with Crippen LogP contribution >= 0.6 is 11.3 Å². The monoisotopic (exact) mass is 152 g/mol. The van der Waals surface area contributed by atoms with E-state index in [0.717, 1.165) is 17.8 Å². The molecule has 0 N–H and O–H groups in total. The molecule has 1 nitrogen and oxygen atoms in total. The van der Waals surface area contributed by atoms with E-state index in [2.05, 4.69) is 17.8 Å². The van der Waals surface area contributed by atoms with Gasteiger partial charge in [0.2, 0.25) is 0 Å². The Morgan fingerprint density at radius 1 is 1.70 bits per heavy atom. The predicted molar refractivity (Wildman–Crippen MR) is 45.8 cm³/mol. The molecule has 0 bridgehead atoms. The van der Waals surface area contributed by atoms with Gasteiger partial charge in [-0.15, -0.1) is 11.3 Å². The van der Waals surface area contributed by atoms with Crippen molar-refractivity contribution < 1.29 is 0 Å². The molecule has 0 aromatic carbocycles. The van der Waals surface area contributed by atoms with E-state index < -0.39 is 0 Å². The molecule has 52 valence electrons. The molecule has 1 rings (SSSR count). The van der Waals surface area contributed by atoms with Crippen LogP contribution in [0.4, 0.5) is 0 Å². The normalized spacial score (nSPS) is 8.50. The fourth-order valence-corrected chi connectivity index (χ4v) is 1.17. The van der Waals surface area contributed by atoms with Crippen molar-refractivity contribution in [3.05, 3.63) is 27.2 Å². The van der Waals surface area contributed by atoms with Gasteiger partial charge in [-0.2, -0.15) is 0 Å². The maximum atomic E-state index is 4.09. The van der Waals surface area contributed by atoms with E-state index in [1.807, 2.05) is 17.5 Å². The maximum Gasteiger partial charge on any atom is 0.322 e. The zero-order valence-electron chi connectivity index (χ0n) is 6.00. The molecule has 0 amide bonds. The van der Waals surface area contributed by atoms with Crippen LogP contribution in [0, 0.1) is 6.07 Å². The van der Waals surface area contributed by atoms with Gasteiger partial charge >= 0.3 is 6.07 Å². The highest BCUT2D eigenvalue weighted by Gasteiger charge is 1.92. The van der Waals surface area contributed by atoms with Gasteiger partial charge in [0, 0.05) is 6.42 Å². The molecular weight excluding hydrogens is 142 g/mol. The quantitative estimate of drug-likeness (QED) is 0.583. The SMILES string of the molecule is CCC[N+]#Cc1cccs1. The first kappa shape index (κ1) is 7.30. The molecule has 0 aliphatic rings. The van der Waals surface area contributed by atoms with Crippen molar-refractivity contribution in [2.75, 3.05) is 6.54 Å². The van der Waals surface area contributed by atoms with E-state index in [1.54, 1.807) is 11.3 Å². The smallest absolute Gasteiger partial charge is 0.129 e. The zero-order chi connectivity index (χ0) is 7.23. The molecule has 0 radical (unpaired) electrons. The van der Waals surface area contributed by atoms with Crippen molar-refractivity contribution >= 4 is 11.3 Å². The molecular formula is C8H10NS+. The standard InChI is InChI=1S/C8H10NS/c1-2-5-9-7-8-4-3-6-10-8/h3-4,6H,2,5H2,1H3/q+1. The third-order valence-electron chi connectivity index (χ3n) is 1.05. The molecule has 0 aliphatic heterocycles. The van der Waals surface area contributed by atoms with Gasteiger partial charge in [-0.25, -0.2) is 0 Å². The number of hydrogen-bond acceptors (Lipinski definition) is 1. The highest BCUT2D eigenvalue weighted by molar-refractivity contribution is 7.10. The van der Waals surface area contributed by atoms with Crippen LogP contribution in [0.15, 0.2) is 17.5 Å². The van der Waals surface area contributed by atoms with E-state index in [9.17, 15) is 0 Å². The topological polar surface area (TPSA) is 4.36 Å². The summed E-state index contributed by atoms with van der Waals surface area (Å²) in [7, 11) is 0. The lowest BCUT2D eigenvalue weighted by Gasteiger charge is -1.64. The van der Waals surface area contributed by atoms with Crippen molar-refractivity contribution in [1.82, 2.24) is 0 Å². The number of hydrogen-bond donors (Lipinski definition) is 0. The summed E-state index contributed by atoms with van der Waals surface area (Å²) in [6, 6.07) is 7.00. The summed E-state index contributed by atoms with van der Waals surface area (Å²) in [6.45, 7) is 3.00. The molecule has 1 heterocycles. The maximum absolute atomic E-state index is 4.09. The molecule has 0 fully saturated rings. The summed E-state index contributed by atoms with van der Waals surface area (Å²) in [5.74, 6) is 0. The van der Waals surface area contributed by atoms with Gasteiger partial charge < -0.3 is 0 Å². The van der Waals surface area contributed by atoms with Crippen molar-refractivity contribution in [3.63, 3.8) is 0 Å². The van der Waals surface area contributed by atoms with E-state index in [4.69, 9.17) is 0 Å². The molecule has 1 aromatic rings. The van der Waals surface area contributed by atoms with E-state index in [-0.39, 0.29) is 0 Å². The first-order valence-corrected chi connectivity index (χ1v) is 4.27. The van der Waals surface area contributed by atoms with E-state index in [0.29, 0.717) is 0 Å². The minimum atomic E-state index is 0.887. The molecule has 0 aliphatic carbocycles. The fraction of sp³-hybridized carbons (Fsp3) is 0.375. The first-order chi connectivity index (χ1) is 4.93. The molecule has 2 heteroatoms. The van der Waals surface area contributed by atoms with Crippen LogP contribution in [0.5, 0.6) is 0 Å².